The summed E-state index contributed by atoms with van der Waals surface area (Å²) in [5, 5.41) is 11.6. The van der Waals surface area contributed by atoms with E-state index in [9.17, 15) is 9.59 Å². The SMILES string of the molecule is C[C@@H](NC(=O)c1cccc(C(=O)O)c1)c1ccco1. The van der Waals surface area contributed by atoms with Crippen LogP contribution in [0.25, 0.3) is 0 Å². The van der Waals surface area contributed by atoms with E-state index in [1.807, 2.05) is 0 Å². The number of furan rings is 1. The van der Waals surface area contributed by atoms with Gasteiger partial charge in [-0.05, 0) is 37.3 Å². The lowest BCUT2D eigenvalue weighted by molar-refractivity contribution is 0.0697. The lowest BCUT2D eigenvalue weighted by Gasteiger charge is -2.11. The van der Waals surface area contributed by atoms with Gasteiger partial charge in [0.05, 0.1) is 17.9 Å². The molecule has 2 rings (SSSR count). The monoisotopic (exact) mass is 259 g/mol. The summed E-state index contributed by atoms with van der Waals surface area (Å²) in [4.78, 5) is 22.8. The molecule has 1 aromatic carbocycles. The first-order valence-electron chi connectivity index (χ1n) is 5.75. The summed E-state index contributed by atoms with van der Waals surface area (Å²) < 4.78 is 5.19. The van der Waals surface area contributed by atoms with Gasteiger partial charge < -0.3 is 14.8 Å². The van der Waals surface area contributed by atoms with Crippen molar-refractivity contribution in [1.82, 2.24) is 5.32 Å². The van der Waals surface area contributed by atoms with Crippen LogP contribution in [-0.2, 0) is 0 Å². The Morgan fingerprint density at radius 2 is 1.95 bits per heavy atom. The fourth-order valence-electron chi connectivity index (χ4n) is 1.68. The third-order valence-electron chi connectivity index (χ3n) is 2.69. The Bertz CT molecular complexity index is 589. The van der Waals surface area contributed by atoms with E-state index in [-0.39, 0.29) is 17.5 Å². The smallest absolute Gasteiger partial charge is 0.335 e. The number of nitrogens with one attached hydrogen (secondary N) is 1. The first-order valence-corrected chi connectivity index (χ1v) is 5.75. The van der Waals surface area contributed by atoms with E-state index in [0.717, 1.165) is 0 Å². The van der Waals surface area contributed by atoms with Crippen molar-refractivity contribution in [3.8, 4) is 0 Å². The maximum absolute atomic E-state index is 12.0. The minimum Gasteiger partial charge on any atom is -0.478 e. The van der Waals surface area contributed by atoms with Crippen molar-refractivity contribution in [2.75, 3.05) is 0 Å². The second-order valence-electron chi connectivity index (χ2n) is 4.10. The number of rotatable bonds is 4. The van der Waals surface area contributed by atoms with E-state index in [4.69, 9.17) is 9.52 Å². The molecule has 0 spiro atoms. The largest absolute Gasteiger partial charge is 0.478 e. The molecule has 0 aliphatic carbocycles. The summed E-state index contributed by atoms with van der Waals surface area (Å²) in [5.41, 5.74) is 0.386. The molecule has 2 N–H and O–H groups in total. The van der Waals surface area contributed by atoms with Gasteiger partial charge in [-0.2, -0.15) is 0 Å². The molecule has 19 heavy (non-hydrogen) atoms. The molecule has 5 nitrogen and oxygen atoms in total. The van der Waals surface area contributed by atoms with Gasteiger partial charge in [0.25, 0.3) is 5.91 Å². The Morgan fingerprint density at radius 1 is 1.21 bits per heavy atom. The molecule has 5 heteroatoms. The highest BCUT2D eigenvalue weighted by Gasteiger charge is 2.14. The van der Waals surface area contributed by atoms with Crippen molar-refractivity contribution in [2.45, 2.75) is 13.0 Å². The third-order valence-corrected chi connectivity index (χ3v) is 2.69. The standard InChI is InChI=1S/C14H13NO4/c1-9(12-6-3-7-19-12)15-13(16)10-4-2-5-11(8-10)14(17)18/h2-9H,1H3,(H,15,16)(H,17,18)/t9-/m1/s1. The average molecular weight is 259 g/mol. The van der Waals surface area contributed by atoms with Crippen LogP contribution in [0.15, 0.2) is 47.1 Å². The fourth-order valence-corrected chi connectivity index (χ4v) is 1.68. The van der Waals surface area contributed by atoms with Crippen LogP contribution < -0.4 is 5.32 Å². The van der Waals surface area contributed by atoms with Gasteiger partial charge in [-0.1, -0.05) is 6.07 Å². The van der Waals surface area contributed by atoms with Crippen LogP contribution >= 0.6 is 0 Å². The zero-order chi connectivity index (χ0) is 13.8. The summed E-state index contributed by atoms with van der Waals surface area (Å²) in [7, 11) is 0. The Balaban J connectivity index is 2.12. The molecule has 98 valence electrons. The summed E-state index contributed by atoms with van der Waals surface area (Å²) in [5.74, 6) is -0.761. The minimum atomic E-state index is -1.06. The molecule has 0 fully saturated rings. The maximum Gasteiger partial charge on any atom is 0.335 e. The number of benzene rings is 1. The molecule has 0 radical (unpaired) electrons. The average Bonchev–Trinajstić information content (AvgIpc) is 2.92. The normalized spacial score (nSPS) is 11.8. The Hall–Kier alpha value is -2.56. The van der Waals surface area contributed by atoms with E-state index in [2.05, 4.69) is 5.32 Å². The summed E-state index contributed by atoms with van der Waals surface area (Å²) in [6.07, 6.45) is 1.53. The van der Waals surface area contributed by atoms with Crippen LogP contribution in [0.3, 0.4) is 0 Å². The van der Waals surface area contributed by atoms with Crippen LogP contribution in [0.1, 0.15) is 39.4 Å². The molecule has 0 saturated heterocycles. The topological polar surface area (TPSA) is 79.5 Å². The summed E-state index contributed by atoms with van der Waals surface area (Å²) >= 11 is 0. The first-order chi connectivity index (χ1) is 9.08. The Kier molecular flexibility index (Phi) is 3.66. The van der Waals surface area contributed by atoms with Crippen molar-refractivity contribution in [1.29, 1.82) is 0 Å². The van der Waals surface area contributed by atoms with Crippen LogP contribution in [0, 0.1) is 0 Å². The van der Waals surface area contributed by atoms with Crippen LogP contribution in [0.5, 0.6) is 0 Å². The fraction of sp³-hybridized carbons (Fsp3) is 0.143. The van der Waals surface area contributed by atoms with E-state index in [0.29, 0.717) is 11.3 Å². The van der Waals surface area contributed by atoms with Crippen LogP contribution in [-0.4, -0.2) is 17.0 Å². The van der Waals surface area contributed by atoms with Gasteiger partial charge in [0.15, 0.2) is 0 Å². The van der Waals surface area contributed by atoms with Gasteiger partial charge in [0.1, 0.15) is 5.76 Å². The number of carbonyl (C=O) groups is 2. The second-order valence-corrected chi connectivity index (χ2v) is 4.10. The number of amides is 1. The van der Waals surface area contributed by atoms with E-state index in [1.165, 1.54) is 24.5 Å². The summed E-state index contributed by atoms with van der Waals surface area (Å²) in [6, 6.07) is 9.10. The van der Waals surface area contributed by atoms with Crippen molar-refractivity contribution < 1.29 is 19.1 Å². The van der Waals surface area contributed by atoms with Gasteiger partial charge in [0, 0.05) is 5.56 Å². The van der Waals surface area contributed by atoms with Gasteiger partial charge in [-0.3, -0.25) is 4.79 Å². The maximum atomic E-state index is 12.0. The highest BCUT2D eigenvalue weighted by Crippen LogP contribution is 2.13. The number of hydrogen-bond donors (Lipinski definition) is 2. The third kappa shape index (κ3) is 3.01. The Labute approximate surface area is 109 Å². The van der Waals surface area contributed by atoms with E-state index in [1.54, 1.807) is 25.1 Å². The van der Waals surface area contributed by atoms with Crippen LogP contribution in [0.4, 0.5) is 0 Å². The van der Waals surface area contributed by atoms with Crippen molar-refractivity contribution in [3.05, 3.63) is 59.5 Å². The number of carboxylic acid groups (broad SMARTS) is 1. The van der Waals surface area contributed by atoms with Crippen molar-refractivity contribution in [3.63, 3.8) is 0 Å². The number of carboxylic acids is 1. The molecule has 0 bridgehead atoms. The molecule has 1 aromatic heterocycles. The molecule has 0 aliphatic rings. The second kappa shape index (κ2) is 5.39. The molecule has 1 heterocycles. The highest BCUT2D eigenvalue weighted by atomic mass is 16.4. The van der Waals surface area contributed by atoms with E-state index >= 15 is 0 Å². The van der Waals surface area contributed by atoms with Gasteiger partial charge in [0.2, 0.25) is 0 Å². The minimum absolute atomic E-state index is 0.0818. The van der Waals surface area contributed by atoms with Crippen LogP contribution in [0.2, 0.25) is 0 Å². The van der Waals surface area contributed by atoms with Gasteiger partial charge in [-0.15, -0.1) is 0 Å². The number of aromatic carboxylic acids is 1. The molecule has 1 atom stereocenters. The Morgan fingerprint density at radius 3 is 2.58 bits per heavy atom. The number of carbonyl (C=O) groups excluding carboxylic acids is 1. The molecule has 2 aromatic rings. The lowest BCUT2D eigenvalue weighted by Crippen LogP contribution is -2.26. The van der Waals surface area contributed by atoms with Crippen molar-refractivity contribution in [2.24, 2.45) is 0 Å². The zero-order valence-corrected chi connectivity index (χ0v) is 10.3. The van der Waals surface area contributed by atoms with Crippen molar-refractivity contribution >= 4 is 11.9 Å². The van der Waals surface area contributed by atoms with Gasteiger partial charge in [-0.25, -0.2) is 4.79 Å². The molecule has 0 saturated carbocycles. The quantitative estimate of drug-likeness (QED) is 0.883. The van der Waals surface area contributed by atoms with E-state index < -0.39 is 5.97 Å². The highest BCUT2D eigenvalue weighted by molar-refractivity contribution is 5.97. The molecular weight excluding hydrogens is 246 g/mol. The molecule has 1 amide bonds. The zero-order valence-electron chi connectivity index (χ0n) is 10.3. The predicted molar refractivity (Wildman–Crippen MR) is 68.0 cm³/mol. The van der Waals surface area contributed by atoms with Gasteiger partial charge >= 0.3 is 5.97 Å². The predicted octanol–water partition coefficient (Wildman–Crippen LogP) is 2.47. The molecule has 0 aliphatic heterocycles. The first kappa shape index (κ1) is 12.9. The molecule has 0 unspecified atom stereocenters. The molecular formula is C14H13NO4. The summed E-state index contributed by atoms with van der Waals surface area (Å²) in [6.45, 7) is 1.79. The number of hydrogen-bond acceptors (Lipinski definition) is 3. The lowest BCUT2D eigenvalue weighted by atomic mass is 10.1.